The van der Waals surface area contributed by atoms with Gasteiger partial charge in [0, 0.05) is 5.56 Å². The molecule has 7 heteroatoms. The molecule has 0 bridgehead atoms. The second kappa shape index (κ2) is 7.17. The van der Waals surface area contributed by atoms with Crippen molar-refractivity contribution < 1.29 is 4.74 Å². The number of para-hydroxylation sites is 1. The number of anilines is 1. The van der Waals surface area contributed by atoms with Crippen LogP contribution in [0, 0.1) is 0 Å². The second-order valence-corrected chi connectivity index (χ2v) is 6.94. The molecule has 26 heavy (non-hydrogen) atoms. The minimum Gasteiger partial charge on any atom is -0.494 e. The quantitative estimate of drug-likeness (QED) is 0.672. The first-order valence-corrected chi connectivity index (χ1v) is 9.25. The molecule has 2 atom stereocenters. The highest BCUT2D eigenvalue weighted by Gasteiger charge is 2.31. The van der Waals surface area contributed by atoms with E-state index in [1.54, 1.807) is 6.33 Å². The molecule has 0 saturated carbocycles. The Labute approximate surface area is 161 Å². The van der Waals surface area contributed by atoms with Crippen LogP contribution in [-0.4, -0.2) is 21.4 Å². The number of nitrogens with one attached hydrogen (secondary N) is 1. The summed E-state index contributed by atoms with van der Waals surface area (Å²) < 4.78 is 7.75. The van der Waals surface area contributed by atoms with Crippen molar-refractivity contribution in [3.8, 4) is 5.75 Å². The van der Waals surface area contributed by atoms with E-state index in [9.17, 15) is 0 Å². The molecule has 1 aliphatic heterocycles. The first-order chi connectivity index (χ1) is 12.7. The molecule has 0 saturated heterocycles. The van der Waals surface area contributed by atoms with E-state index in [2.05, 4.69) is 21.5 Å². The molecular formula is C19H18Cl2N4O. The maximum atomic E-state index is 6.22. The zero-order valence-electron chi connectivity index (χ0n) is 14.2. The van der Waals surface area contributed by atoms with Crippen LogP contribution in [0.15, 0.2) is 48.8 Å². The van der Waals surface area contributed by atoms with Crippen LogP contribution >= 0.6 is 23.2 Å². The maximum absolute atomic E-state index is 6.22. The van der Waals surface area contributed by atoms with E-state index in [-0.39, 0.29) is 12.1 Å². The predicted molar refractivity (Wildman–Crippen MR) is 103 cm³/mol. The van der Waals surface area contributed by atoms with E-state index in [1.165, 1.54) is 0 Å². The molecule has 0 fully saturated rings. The Morgan fingerprint density at radius 2 is 2.04 bits per heavy atom. The van der Waals surface area contributed by atoms with Crippen molar-refractivity contribution in [3.05, 3.63) is 70.0 Å². The van der Waals surface area contributed by atoms with Gasteiger partial charge in [-0.3, -0.25) is 0 Å². The Morgan fingerprint density at radius 3 is 2.85 bits per heavy atom. The molecular weight excluding hydrogens is 371 g/mol. The average Bonchev–Trinajstić information content (AvgIpc) is 3.13. The normalized spacial score (nSPS) is 18.9. The van der Waals surface area contributed by atoms with Crippen LogP contribution in [-0.2, 0) is 0 Å². The van der Waals surface area contributed by atoms with Crippen molar-refractivity contribution >= 4 is 29.2 Å². The Hall–Kier alpha value is -2.24. The fraction of sp³-hybridized carbons (Fsp3) is 0.263. The van der Waals surface area contributed by atoms with Gasteiger partial charge in [0.15, 0.2) is 0 Å². The smallest absolute Gasteiger partial charge is 0.222 e. The zero-order valence-corrected chi connectivity index (χ0v) is 15.7. The third-order valence-electron chi connectivity index (χ3n) is 4.55. The molecule has 0 radical (unpaired) electrons. The lowest BCUT2D eigenvalue weighted by Gasteiger charge is -2.32. The molecule has 2 aromatic carbocycles. The van der Waals surface area contributed by atoms with E-state index in [1.807, 2.05) is 48.0 Å². The summed E-state index contributed by atoms with van der Waals surface area (Å²) in [5.74, 6) is 1.60. The molecule has 1 N–H and O–H groups in total. The highest BCUT2D eigenvalue weighted by atomic mass is 35.5. The summed E-state index contributed by atoms with van der Waals surface area (Å²) in [6.45, 7) is 2.60. The lowest BCUT2D eigenvalue weighted by molar-refractivity contribution is 0.325. The Kier molecular flexibility index (Phi) is 4.74. The van der Waals surface area contributed by atoms with E-state index in [0.717, 1.165) is 29.2 Å². The van der Waals surface area contributed by atoms with E-state index < -0.39 is 0 Å². The highest BCUT2D eigenvalue weighted by Crippen LogP contribution is 2.41. The maximum Gasteiger partial charge on any atom is 0.222 e. The second-order valence-electron chi connectivity index (χ2n) is 6.12. The molecule has 5 nitrogen and oxygen atoms in total. The van der Waals surface area contributed by atoms with Crippen molar-refractivity contribution in [2.24, 2.45) is 0 Å². The third kappa shape index (κ3) is 3.13. The van der Waals surface area contributed by atoms with Gasteiger partial charge in [-0.1, -0.05) is 47.5 Å². The summed E-state index contributed by atoms with van der Waals surface area (Å²) in [5.41, 5.74) is 2.15. The van der Waals surface area contributed by atoms with Gasteiger partial charge in [0.05, 0.1) is 28.7 Å². The van der Waals surface area contributed by atoms with Gasteiger partial charge in [0.25, 0.3) is 0 Å². The predicted octanol–water partition coefficient (Wildman–Crippen LogP) is 5.13. The van der Waals surface area contributed by atoms with Crippen LogP contribution in [0.3, 0.4) is 0 Å². The van der Waals surface area contributed by atoms with Crippen LogP contribution < -0.4 is 10.1 Å². The van der Waals surface area contributed by atoms with Gasteiger partial charge in [-0.05, 0) is 37.1 Å². The highest BCUT2D eigenvalue weighted by molar-refractivity contribution is 6.42. The monoisotopic (exact) mass is 388 g/mol. The van der Waals surface area contributed by atoms with Crippen molar-refractivity contribution in [3.63, 3.8) is 0 Å². The van der Waals surface area contributed by atoms with Crippen molar-refractivity contribution in [2.75, 3.05) is 11.9 Å². The number of hydrogen-bond acceptors (Lipinski definition) is 4. The Morgan fingerprint density at radius 1 is 1.19 bits per heavy atom. The summed E-state index contributed by atoms with van der Waals surface area (Å²) in [6, 6.07) is 13.8. The molecule has 134 valence electrons. The molecule has 2 unspecified atom stereocenters. The zero-order chi connectivity index (χ0) is 18.1. The minimum absolute atomic E-state index is 0.0101. The molecule has 4 rings (SSSR count). The standard InChI is InChI=1S/C19H18Cl2N4O/c1-2-26-18-6-4-3-5-13(18)17-10-16(24-19-22-11-23-25(17)19)12-7-8-14(20)15(21)9-12/h3-9,11,16-17H,2,10H2,1H3,(H,22,23,24). The summed E-state index contributed by atoms with van der Waals surface area (Å²) in [4.78, 5) is 4.36. The molecule has 1 aliphatic rings. The fourth-order valence-corrected chi connectivity index (χ4v) is 3.68. The van der Waals surface area contributed by atoms with Gasteiger partial charge < -0.3 is 10.1 Å². The van der Waals surface area contributed by atoms with E-state index >= 15 is 0 Å². The van der Waals surface area contributed by atoms with Gasteiger partial charge in [-0.25, -0.2) is 4.68 Å². The van der Waals surface area contributed by atoms with Crippen LogP contribution in [0.25, 0.3) is 0 Å². The number of aromatic nitrogens is 3. The van der Waals surface area contributed by atoms with E-state index in [4.69, 9.17) is 27.9 Å². The van der Waals surface area contributed by atoms with Crippen LogP contribution in [0.2, 0.25) is 10.0 Å². The number of rotatable bonds is 4. The van der Waals surface area contributed by atoms with Crippen LogP contribution in [0.1, 0.15) is 36.6 Å². The number of hydrogen-bond donors (Lipinski definition) is 1. The summed E-state index contributed by atoms with van der Waals surface area (Å²) >= 11 is 12.3. The molecule has 1 aromatic heterocycles. The van der Waals surface area contributed by atoms with Crippen molar-refractivity contribution in [1.29, 1.82) is 0 Å². The lowest BCUT2D eigenvalue weighted by Crippen LogP contribution is -2.28. The van der Waals surface area contributed by atoms with Crippen molar-refractivity contribution in [2.45, 2.75) is 25.4 Å². The SMILES string of the molecule is CCOc1ccccc1C1CC(c2ccc(Cl)c(Cl)c2)Nc2ncnn21. The van der Waals surface area contributed by atoms with Crippen LogP contribution in [0.4, 0.5) is 5.95 Å². The van der Waals surface area contributed by atoms with Gasteiger partial charge in [0.1, 0.15) is 12.1 Å². The lowest BCUT2D eigenvalue weighted by atomic mass is 9.93. The number of fused-ring (bicyclic) bond motifs is 1. The first-order valence-electron chi connectivity index (χ1n) is 8.50. The Balaban J connectivity index is 1.75. The summed E-state index contributed by atoms with van der Waals surface area (Å²) in [7, 11) is 0. The Bertz CT molecular complexity index is 927. The molecule has 0 amide bonds. The number of halogens is 2. The van der Waals surface area contributed by atoms with Gasteiger partial charge in [-0.2, -0.15) is 10.1 Å². The molecule has 0 spiro atoms. The van der Waals surface area contributed by atoms with E-state index in [0.29, 0.717) is 16.7 Å². The third-order valence-corrected chi connectivity index (χ3v) is 5.29. The first kappa shape index (κ1) is 17.2. The fourth-order valence-electron chi connectivity index (χ4n) is 3.37. The summed E-state index contributed by atoms with van der Waals surface area (Å²) in [6.07, 6.45) is 2.36. The summed E-state index contributed by atoms with van der Waals surface area (Å²) in [5, 5.41) is 8.95. The average molecular weight is 389 g/mol. The van der Waals surface area contributed by atoms with Crippen LogP contribution in [0.5, 0.6) is 5.75 Å². The van der Waals surface area contributed by atoms with Gasteiger partial charge in [0.2, 0.25) is 5.95 Å². The number of benzene rings is 2. The largest absolute Gasteiger partial charge is 0.494 e. The van der Waals surface area contributed by atoms with Gasteiger partial charge >= 0.3 is 0 Å². The number of ether oxygens (including phenoxy) is 1. The minimum atomic E-state index is 0.0101. The van der Waals surface area contributed by atoms with Crippen molar-refractivity contribution in [1.82, 2.24) is 14.8 Å². The molecule has 0 aliphatic carbocycles. The topological polar surface area (TPSA) is 52.0 Å². The molecule has 2 heterocycles. The van der Waals surface area contributed by atoms with Gasteiger partial charge in [-0.15, -0.1) is 0 Å². The molecule has 3 aromatic rings. The number of nitrogens with zero attached hydrogens (tertiary/aromatic N) is 3.